The summed E-state index contributed by atoms with van der Waals surface area (Å²) in [6, 6.07) is 7.90. The lowest BCUT2D eigenvalue weighted by Gasteiger charge is -2.21. The summed E-state index contributed by atoms with van der Waals surface area (Å²) < 4.78 is 14.9. The zero-order valence-corrected chi connectivity index (χ0v) is 15.4. The Balaban J connectivity index is 1.66. The zero-order chi connectivity index (χ0) is 18.8. The molecule has 6 heteroatoms. The highest BCUT2D eigenvalue weighted by Gasteiger charge is 2.19. The van der Waals surface area contributed by atoms with E-state index in [4.69, 9.17) is 0 Å². The van der Waals surface area contributed by atoms with E-state index in [1.165, 1.54) is 44.2 Å². The normalized spacial score (nSPS) is 15.2. The number of fused-ring (bicyclic) bond motifs is 1. The summed E-state index contributed by atoms with van der Waals surface area (Å²) >= 11 is 0. The van der Waals surface area contributed by atoms with Gasteiger partial charge in [0, 0.05) is 19.2 Å². The van der Waals surface area contributed by atoms with Crippen LogP contribution in [0.15, 0.2) is 36.5 Å². The molecule has 0 unspecified atom stereocenters. The summed E-state index contributed by atoms with van der Waals surface area (Å²) in [7, 11) is 1.80. The van der Waals surface area contributed by atoms with E-state index in [9.17, 15) is 9.18 Å². The van der Waals surface area contributed by atoms with Gasteiger partial charge in [0.2, 0.25) is 0 Å². The molecule has 1 aliphatic rings. The Bertz CT molecular complexity index is 958. The fraction of sp³-hybridized carbons (Fsp3) is 0.381. The SMILES string of the molecule is Cn1ncc2c(C(=O)NCC3CCCCC3)cc(-c3ccc(F)cc3)nc21. The minimum Gasteiger partial charge on any atom is -0.352 e. The van der Waals surface area contributed by atoms with Crippen molar-refractivity contribution in [2.24, 2.45) is 13.0 Å². The molecule has 0 spiro atoms. The molecular formula is C21H23FN4O. The van der Waals surface area contributed by atoms with Gasteiger partial charge < -0.3 is 5.32 Å². The number of carbonyl (C=O) groups is 1. The van der Waals surface area contributed by atoms with Crippen molar-refractivity contribution in [1.82, 2.24) is 20.1 Å². The van der Waals surface area contributed by atoms with Gasteiger partial charge in [-0.1, -0.05) is 19.3 Å². The number of amides is 1. The molecule has 1 saturated carbocycles. The number of hydrogen-bond acceptors (Lipinski definition) is 3. The number of aryl methyl sites for hydroxylation is 1. The Labute approximate surface area is 157 Å². The maximum absolute atomic E-state index is 13.3. The smallest absolute Gasteiger partial charge is 0.252 e. The summed E-state index contributed by atoms with van der Waals surface area (Å²) in [6.07, 6.45) is 7.83. The average molecular weight is 366 g/mol. The van der Waals surface area contributed by atoms with Crippen molar-refractivity contribution in [2.75, 3.05) is 6.54 Å². The summed E-state index contributed by atoms with van der Waals surface area (Å²) in [6.45, 7) is 0.703. The number of carbonyl (C=O) groups excluding carboxylic acids is 1. The first-order valence-electron chi connectivity index (χ1n) is 9.49. The lowest BCUT2D eigenvalue weighted by molar-refractivity contribution is 0.0945. The van der Waals surface area contributed by atoms with Crippen molar-refractivity contribution in [3.8, 4) is 11.3 Å². The summed E-state index contributed by atoms with van der Waals surface area (Å²) in [5, 5.41) is 8.07. The minimum atomic E-state index is -0.300. The van der Waals surface area contributed by atoms with Gasteiger partial charge in [0.25, 0.3) is 5.91 Å². The maximum Gasteiger partial charge on any atom is 0.252 e. The van der Waals surface area contributed by atoms with E-state index in [2.05, 4.69) is 15.4 Å². The Kier molecular flexibility index (Phi) is 4.88. The van der Waals surface area contributed by atoms with Gasteiger partial charge in [-0.3, -0.25) is 9.48 Å². The fourth-order valence-electron chi connectivity index (χ4n) is 3.79. The van der Waals surface area contributed by atoms with Crippen molar-refractivity contribution < 1.29 is 9.18 Å². The number of pyridine rings is 1. The van der Waals surface area contributed by atoms with E-state index in [0.29, 0.717) is 29.4 Å². The van der Waals surface area contributed by atoms with E-state index < -0.39 is 0 Å². The minimum absolute atomic E-state index is 0.107. The number of halogens is 1. The number of hydrogen-bond donors (Lipinski definition) is 1. The van der Waals surface area contributed by atoms with Crippen LogP contribution >= 0.6 is 0 Å². The second-order valence-electron chi connectivity index (χ2n) is 7.28. The van der Waals surface area contributed by atoms with Gasteiger partial charge in [-0.25, -0.2) is 9.37 Å². The first-order chi connectivity index (χ1) is 13.1. The lowest BCUT2D eigenvalue weighted by Crippen LogP contribution is -2.30. The van der Waals surface area contributed by atoms with Crippen LogP contribution in [-0.2, 0) is 7.05 Å². The van der Waals surface area contributed by atoms with Gasteiger partial charge in [0.05, 0.1) is 22.8 Å². The van der Waals surface area contributed by atoms with Crippen LogP contribution in [0.25, 0.3) is 22.3 Å². The van der Waals surface area contributed by atoms with Crippen molar-refractivity contribution >= 4 is 16.9 Å². The molecule has 1 aromatic carbocycles. The van der Waals surface area contributed by atoms with Gasteiger partial charge in [-0.15, -0.1) is 0 Å². The Morgan fingerprint density at radius 1 is 1.22 bits per heavy atom. The molecule has 5 nitrogen and oxygen atoms in total. The summed E-state index contributed by atoms with van der Waals surface area (Å²) in [4.78, 5) is 17.5. The molecule has 0 radical (unpaired) electrons. The molecule has 1 N–H and O–H groups in total. The highest BCUT2D eigenvalue weighted by molar-refractivity contribution is 6.06. The summed E-state index contributed by atoms with van der Waals surface area (Å²) in [5.41, 5.74) is 2.60. The highest BCUT2D eigenvalue weighted by Crippen LogP contribution is 2.26. The van der Waals surface area contributed by atoms with Crippen molar-refractivity contribution in [3.63, 3.8) is 0 Å². The zero-order valence-electron chi connectivity index (χ0n) is 15.4. The molecule has 0 aliphatic heterocycles. The van der Waals surface area contributed by atoms with Crippen molar-refractivity contribution in [2.45, 2.75) is 32.1 Å². The Hall–Kier alpha value is -2.76. The molecule has 1 amide bonds. The quantitative estimate of drug-likeness (QED) is 0.757. The Morgan fingerprint density at radius 3 is 2.70 bits per heavy atom. The van der Waals surface area contributed by atoms with Crippen LogP contribution in [0, 0.1) is 11.7 Å². The predicted molar refractivity (Wildman–Crippen MR) is 103 cm³/mol. The second kappa shape index (κ2) is 7.47. The maximum atomic E-state index is 13.3. The van der Waals surface area contributed by atoms with Crippen LogP contribution in [0.4, 0.5) is 4.39 Å². The van der Waals surface area contributed by atoms with E-state index in [1.807, 2.05) is 0 Å². The molecule has 1 aliphatic carbocycles. The van der Waals surface area contributed by atoms with Crippen LogP contribution in [0.5, 0.6) is 0 Å². The van der Waals surface area contributed by atoms with Crippen molar-refractivity contribution in [1.29, 1.82) is 0 Å². The number of nitrogens with one attached hydrogen (secondary N) is 1. The molecule has 2 aromatic heterocycles. The Morgan fingerprint density at radius 2 is 1.96 bits per heavy atom. The van der Waals surface area contributed by atoms with E-state index in [-0.39, 0.29) is 11.7 Å². The molecule has 4 rings (SSSR count). The van der Waals surface area contributed by atoms with Gasteiger partial charge in [-0.2, -0.15) is 5.10 Å². The summed E-state index contributed by atoms with van der Waals surface area (Å²) in [5.74, 6) is 0.153. The number of aromatic nitrogens is 3. The molecular weight excluding hydrogens is 343 g/mol. The molecule has 2 heterocycles. The molecule has 140 valence electrons. The van der Waals surface area contributed by atoms with Crippen molar-refractivity contribution in [3.05, 3.63) is 47.9 Å². The number of rotatable bonds is 4. The largest absolute Gasteiger partial charge is 0.352 e. The van der Waals surface area contributed by atoms with Crippen LogP contribution in [0.3, 0.4) is 0 Å². The number of benzene rings is 1. The van der Waals surface area contributed by atoms with E-state index in [0.717, 1.165) is 10.9 Å². The predicted octanol–water partition coefficient (Wildman–Crippen LogP) is 4.08. The fourth-order valence-corrected chi connectivity index (χ4v) is 3.79. The molecule has 1 fully saturated rings. The third-order valence-electron chi connectivity index (χ3n) is 5.37. The third-order valence-corrected chi connectivity index (χ3v) is 5.37. The van der Waals surface area contributed by atoms with Crippen LogP contribution in [-0.4, -0.2) is 27.2 Å². The molecule has 0 saturated heterocycles. The van der Waals surface area contributed by atoms with Gasteiger partial charge in [0.1, 0.15) is 5.82 Å². The molecule has 3 aromatic rings. The highest BCUT2D eigenvalue weighted by atomic mass is 19.1. The second-order valence-corrected chi connectivity index (χ2v) is 7.28. The lowest BCUT2D eigenvalue weighted by atomic mass is 9.89. The molecule has 0 atom stereocenters. The van der Waals surface area contributed by atoms with Crippen LogP contribution in [0.1, 0.15) is 42.5 Å². The van der Waals surface area contributed by atoms with E-state index >= 15 is 0 Å². The third kappa shape index (κ3) is 3.70. The van der Waals surface area contributed by atoms with E-state index in [1.54, 1.807) is 36.1 Å². The molecule has 0 bridgehead atoms. The van der Waals surface area contributed by atoms with Crippen LogP contribution in [0.2, 0.25) is 0 Å². The van der Waals surface area contributed by atoms with Gasteiger partial charge in [-0.05, 0) is 49.1 Å². The first-order valence-corrected chi connectivity index (χ1v) is 9.49. The van der Waals surface area contributed by atoms with Crippen LogP contribution < -0.4 is 5.32 Å². The molecule has 27 heavy (non-hydrogen) atoms. The average Bonchev–Trinajstić information content (AvgIpc) is 3.08. The monoisotopic (exact) mass is 366 g/mol. The standard InChI is InChI=1S/C21H23FN4O/c1-26-20-18(13-24-26)17(21(27)23-12-14-5-3-2-4-6-14)11-19(25-20)15-7-9-16(22)10-8-15/h7-11,13-14H,2-6,12H2,1H3,(H,23,27). The first kappa shape index (κ1) is 17.6. The van der Waals surface area contributed by atoms with Gasteiger partial charge >= 0.3 is 0 Å². The topological polar surface area (TPSA) is 59.8 Å². The van der Waals surface area contributed by atoms with Gasteiger partial charge in [0.15, 0.2) is 5.65 Å². The number of nitrogens with zero attached hydrogens (tertiary/aromatic N) is 3.